The van der Waals surface area contributed by atoms with E-state index in [2.05, 4.69) is 0 Å². The van der Waals surface area contributed by atoms with Gasteiger partial charge in [-0.25, -0.2) is 0 Å². The summed E-state index contributed by atoms with van der Waals surface area (Å²) >= 11 is 0. The molecule has 0 amide bonds. The molecule has 4 heteroatoms. The maximum absolute atomic E-state index is 11.0. The van der Waals surface area contributed by atoms with Gasteiger partial charge in [0.25, 0.3) is 0 Å². The minimum absolute atomic E-state index is 0.202. The highest BCUT2D eigenvalue weighted by atomic mass is 31.2. The van der Waals surface area contributed by atoms with Gasteiger partial charge < -0.3 is 9.79 Å². The second-order valence-corrected chi connectivity index (χ2v) is 4.34. The average Bonchev–Trinajstić information content (AvgIpc) is 2.05. The molecule has 3 nitrogen and oxygen atoms in total. The summed E-state index contributed by atoms with van der Waals surface area (Å²) in [4.78, 5) is 18.0. The van der Waals surface area contributed by atoms with Gasteiger partial charge in [-0.05, 0) is 12.0 Å². The molecule has 0 unspecified atom stereocenters. The van der Waals surface area contributed by atoms with Crippen LogP contribution >= 0.6 is 7.60 Å². The highest BCUT2D eigenvalue weighted by molar-refractivity contribution is 7.55. The summed E-state index contributed by atoms with van der Waals surface area (Å²) in [7, 11) is -4.08. The molecule has 0 saturated carbocycles. The van der Waals surface area contributed by atoms with E-state index in [0.29, 0.717) is 12.0 Å². The maximum atomic E-state index is 11.0. The van der Waals surface area contributed by atoms with Gasteiger partial charge in [0.15, 0.2) is 0 Å². The zero-order valence-electron chi connectivity index (χ0n) is 7.34. The van der Waals surface area contributed by atoms with Gasteiger partial charge in [-0.2, -0.15) is 0 Å². The molecule has 13 heavy (non-hydrogen) atoms. The van der Waals surface area contributed by atoms with Gasteiger partial charge in [0, 0.05) is 0 Å². The van der Waals surface area contributed by atoms with E-state index in [1.165, 1.54) is 0 Å². The Balaban J connectivity index is 2.99. The van der Waals surface area contributed by atoms with E-state index in [-0.39, 0.29) is 5.66 Å². The lowest BCUT2D eigenvalue weighted by Gasteiger charge is -2.15. The van der Waals surface area contributed by atoms with Gasteiger partial charge in [0.1, 0.15) is 5.66 Å². The number of hydrogen-bond acceptors (Lipinski definition) is 1. The molecule has 1 rings (SSSR count). The summed E-state index contributed by atoms with van der Waals surface area (Å²) < 4.78 is 11.0. The predicted molar refractivity (Wildman–Crippen MR) is 51.1 cm³/mol. The zero-order valence-corrected chi connectivity index (χ0v) is 8.24. The molecule has 71 valence electrons. The fraction of sp³-hybridized carbons (Fsp3) is 0.222. The Kier molecular flexibility index (Phi) is 3.26. The van der Waals surface area contributed by atoms with Gasteiger partial charge in [0.05, 0.1) is 0 Å². The van der Waals surface area contributed by atoms with Crippen LogP contribution in [0.5, 0.6) is 0 Å². The van der Waals surface area contributed by atoms with Crippen LogP contribution < -0.4 is 0 Å². The van der Waals surface area contributed by atoms with Crippen molar-refractivity contribution in [3.05, 3.63) is 41.6 Å². The lowest BCUT2D eigenvalue weighted by Crippen LogP contribution is -1.98. The van der Waals surface area contributed by atoms with Crippen molar-refractivity contribution in [2.45, 2.75) is 13.3 Å². The van der Waals surface area contributed by atoms with E-state index in [1.807, 2.05) is 6.07 Å². The fourth-order valence-corrected chi connectivity index (χ4v) is 2.11. The molecule has 0 atom stereocenters. The van der Waals surface area contributed by atoms with Crippen LogP contribution in [-0.4, -0.2) is 9.79 Å². The van der Waals surface area contributed by atoms with E-state index in [9.17, 15) is 4.57 Å². The van der Waals surface area contributed by atoms with Gasteiger partial charge >= 0.3 is 7.60 Å². The fourth-order valence-electron chi connectivity index (χ4n) is 1.21. The molecule has 0 fully saturated rings. The predicted octanol–water partition coefficient (Wildman–Crippen LogP) is 2.15. The van der Waals surface area contributed by atoms with E-state index >= 15 is 0 Å². The van der Waals surface area contributed by atoms with E-state index in [1.54, 1.807) is 31.2 Å². The summed E-state index contributed by atoms with van der Waals surface area (Å²) in [6, 6.07) is 8.76. The molecule has 0 saturated heterocycles. The van der Waals surface area contributed by atoms with E-state index in [4.69, 9.17) is 9.79 Å². The van der Waals surface area contributed by atoms with Crippen molar-refractivity contribution in [1.82, 2.24) is 0 Å². The van der Waals surface area contributed by atoms with Crippen molar-refractivity contribution in [2.75, 3.05) is 0 Å². The number of rotatable bonds is 3. The molecule has 1 aromatic carbocycles. The van der Waals surface area contributed by atoms with E-state index < -0.39 is 7.60 Å². The first-order valence-electron chi connectivity index (χ1n) is 4.03. The van der Waals surface area contributed by atoms with Crippen molar-refractivity contribution < 1.29 is 14.4 Å². The largest absolute Gasteiger partial charge is 0.337 e. The average molecular weight is 199 g/mol. The Hall–Kier alpha value is -0.630. The van der Waals surface area contributed by atoms with Crippen LogP contribution in [0.2, 0.25) is 0 Å². The molecule has 0 aromatic heterocycles. The second-order valence-electron chi connectivity index (χ2n) is 2.71. The zero-order chi connectivity index (χ0) is 9.90. The first kappa shape index (κ1) is 10.5. The topological polar surface area (TPSA) is 57.5 Å². The Morgan fingerprint density at radius 3 is 2.23 bits per heavy atom. The van der Waals surface area contributed by atoms with E-state index in [0.717, 1.165) is 0 Å². The van der Waals surface area contributed by atoms with Crippen LogP contribution in [0.15, 0.2) is 30.3 Å². The molecule has 0 aliphatic rings. The van der Waals surface area contributed by atoms with Crippen LogP contribution in [0.3, 0.4) is 0 Å². The van der Waals surface area contributed by atoms with Crippen molar-refractivity contribution in [2.24, 2.45) is 0 Å². The monoisotopic (exact) mass is 199 g/mol. The normalized spacial score (nSPS) is 12.0. The quantitative estimate of drug-likeness (QED) is 0.733. The first-order chi connectivity index (χ1) is 6.05. The Morgan fingerprint density at radius 1 is 1.31 bits per heavy atom. The van der Waals surface area contributed by atoms with Crippen LogP contribution in [0.1, 0.15) is 18.9 Å². The molecule has 1 aromatic rings. The van der Waals surface area contributed by atoms with Crippen LogP contribution in [0.25, 0.3) is 0 Å². The molecule has 0 spiro atoms. The lowest BCUT2D eigenvalue weighted by molar-refractivity contribution is 0.374. The maximum Gasteiger partial charge on any atom is 0.337 e. The van der Waals surface area contributed by atoms with Crippen molar-refractivity contribution in [3.63, 3.8) is 0 Å². The first-order valence-corrected chi connectivity index (χ1v) is 5.64. The van der Waals surface area contributed by atoms with Crippen LogP contribution in [-0.2, 0) is 4.57 Å². The smallest absolute Gasteiger partial charge is 0.324 e. The van der Waals surface area contributed by atoms with Gasteiger partial charge in [-0.15, -0.1) is 0 Å². The molecule has 0 aliphatic carbocycles. The summed E-state index contributed by atoms with van der Waals surface area (Å²) in [5.74, 6) is 0. The molecular weight excluding hydrogens is 187 g/mol. The van der Waals surface area contributed by atoms with Gasteiger partial charge in [-0.3, -0.25) is 4.57 Å². The minimum atomic E-state index is -4.08. The van der Waals surface area contributed by atoms with Crippen molar-refractivity contribution in [3.8, 4) is 0 Å². The van der Waals surface area contributed by atoms with Gasteiger partial charge in [0.2, 0.25) is 0 Å². The summed E-state index contributed by atoms with van der Waals surface area (Å²) in [5, 5.41) is 0. The van der Waals surface area contributed by atoms with Crippen LogP contribution in [0, 0.1) is 5.66 Å². The second kappa shape index (κ2) is 4.05. The highest BCUT2D eigenvalue weighted by Gasteiger charge is 2.29. The number of hydrogen-bond donors (Lipinski definition) is 2. The molecule has 0 bridgehead atoms. The summed E-state index contributed by atoms with van der Waals surface area (Å²) in [6.45, 7) is 1.74. The van der Waals surface area contributed by atoms with Crippen molar-refractivity contribution in [1.29, 1.82) is 0 Å². The Labute approximate surface area is 77.6 Å². The standard InChI is InChI=1S/C9H12O3P/c1-2-9(13(10,11)12)8-6-4-3-5-7-8/h3-7H,2H2,1H3,(H2,10,11,12). The molecule has 2 N–H and O–H groups in total. The Bertz CT molecular complexity index is 304. The molecule has 0 aliphatic heterocycles. The minimum Gasteiger partial charge on any atom is -0.324 e. The SMILES string of the molecule is CC[C](c1ccccc1)P(=O)(O)O. The number of benzene rings is 1. The third kappa shape index (κ3) is 2.66. The van der Waals surface area contributed by atoms with Crippen LogP contribution in [0.4, 0.5) is 0 Å². The molecule has 0 heterocycles. The lowest BCUT2D eigenvalue weighted by atomic mass is 10.1. The third-order valence-corrected chi connectivity index (χ3v) is 3.07. The highest BCUT2D eigenvalue weighted by Crippen LogP contribution is 2.52. The van der Waals surface area contributed by atoms with Crippen molar-refractivity contribution >= 4 is 7.60 Å². The Morgan fingerprint density at radius 2 is 1.85 bits per heavy atom. The summed E-state index contributed by atoms with van der Waals surface area (Å²) in [6.07, 6.45) is 0.369. The molecule has 1 radical (unpaired) electrons. The summed E-state index contributed by atoms with van der Waals surface area (Å²) in [5.41, 5.74) is 0.825. The van der Waals surface area contributed by atoms with Gasteiger partial charge in [-0.1, -0.05) is 37.3 Å². The third-order valence-electron chi connectivity index (χ3n) is 1.79. The molecular formula is C9H12O3P.